The molecule has 0 atom stereocenters. The lowest BCUT2D eigenvalue weighted by atomic mass is 10.2. The van der Waals surface area contributed by atoms with E-state index in [0.29, 0.717) is 17.2 Å². The monoisotopic (exact) mass is 262 g/mol. The third kappa shape index (κ3) is 2.82. The van der Waals surface area contributed by atoms with Gasteiger partial charge in [-0.05, 0) is 12.1 Å². The summed E-state index contributed by atoms with van der Waals surface area (Å²) in [6.45, 7) is 0. The Hall–Kier alpha value is -2.57. The summed E-state index contributed by atoms with van der Waals surface area (Å²) in [5.74, 6) is 0.805. The largest absolute Gasteiger partial charge is 0.493 e. The number of hydrogen-bond donors (Lipinski definition) is 1. The maximum absolute atomic E-state index is 11.9. The number of methoxy groups -OCH3 is 2. The normalized spacial score (nSPS) is 10.1. The van der Waals surface area contributed by atoms with Crippen molar-refractivity contribution >= 4 is 11.6 Å². The van der Waals surface area contributed by atoms with Crippen LogP contribution in [0, 0.1) is 0 Å². The first-order valence-electron chi connectivity index (χ1n) is 5.53. The van der Waals surface area contributed by atoms with E-state index in [-0.39, 0.29) is 11.6 Å². The number of nitrogens with zero attached hydrogens (tertiary/aromatic N) is 3. The third-order valence-electron chi connectivity index (χ3n) is 2.48. The molecule has 1 amide bonds. The number of ether oxygens (including phenoxy) is 2. The van der Waals surface area contributed by atoms with Gasteiger partial charge in [0.05, 0.1) is 20.4 Å². The molecule has 7 heteroatoms. The fraction of sp³-hybridized carbons (Fsp3) is 0.250. The quantitative estimate of drug-likeness (QED) is 0.892. The topological polar surface area (TPSA) is 78.3 Å². The minimum absolute atomic E-state index is 0.247. The Morgan fingerprint density at radius 1 is 1.26 bits per heavy atom. The van der Waals surface area contributed by atoms with Crippen LogP contribution in [0.5, 0.6) is 11.5 Å². The van der Waals surface area contributed by atoms with Gasteiger partial charge in [0.25, 0.3) is 5.91 Å². The second-order valence-corrected chi connectivity index (χ2v) is 3.80. The number of carbonyl (C=O) groups is 1. The van der Waals surface area contributed by atoms with Crippen molar-refractivity contribution in [2.45, 2.75) is 0 Å². The van der Waals surface area contributed by atoms with Gasteiger partial charge in [0.1, 0.15) is 0 Å². The summed E-state index contributed by atoms with van der Waals surface area (Å²) in [6.07, 6.45) is 1.54. The van der Waals surface area contributed by atoms with E-state index in [1.54, 1.807) is 32.4 Å². The molecule has 0 fully saturated rings. The highest BCUT2D eigenvalue weighted by Gasteiger charge is 2.11. The highest BCUT2D eigenvalue weighted by Crippen LogP contribution is 2.29. The molecule has 0 aliphatic carbocycles. The number of benzene rings is 1. The molecule has 7 nitrogen and oxygen atoms in total. The predicted octanol–water partition coefficient (Wildman–Crippen LogP) is 1.08. The minimum Gasteiger partial charge on any atom is -0.493 e. The summed E-state index contributed by atoms with van der Waals surface area (Å²) < 4.78 is 11.7. The molecular formula is C12H14N4O3. The van der Waals surface area contributed by atoms with Crippen LogP contribution < -0.4 is 14.8 Å². The van der Waals surface area contributed by atoms with E-state index in [9.17, 15) is 4.79 Å². The summed E-state index contributed by atoms with van der Waals surface area (Å²) in [6, 6.07) is 5.11. The van der Waals surface area contributed by atoms with Crippen LogP contribution in [0.3, 0.4) is 0 Å². The van der Waals surface area contributed by atoms with Gasteiger partial charge in [-0.3, -0.25) is 9.48 Å². The molecule has 2 aromatic rings. The Balaban J connectivity index is 2.17. The Morgan fingerprint density at radius 3 is 2.58 bits per heavy atom. The number of hydrogen-bond acceptors (Lipinski definition) is 5. The van der Waals surface area contributed by atoms with Crippen LogP contribution in [0.15, 0.2) is 24.4 Å². The summed E-state index contributed by atoms with van der Waals surface area (Å²) in [4.78, 5) is 11.9. The van der Waals surface area contributed by atoms with E-state index in [2.05, 4.69) is 15.6 Å². The number of anilines is 1. The fourth-order valence-corrected chi connectivity index (χ4v) is 1.56. The molecule has 100 valence electrons. The number of nitrogens with one attached hydrogen (secondary N) is 1. The molecule has 1 heterocycles. The molecule has 1 aromatic heterocycles. The highest BCUT2D eigenvalue weighted by molar-refractivity contribution is 6.02. The van der Waals surface area contributed by atoms with Crippen molar-refractivity contribution in [3.05, 3.63) is 30.1 Å². The van der Waals surface area contributed by atoms with E-state index in [4.69, 9.17) is 9.47 Å². The van der Waals surface area contributed by atoms with Crippen molar-refractivity contribution in [3.63, 3.8) is 0 Å². The smallest absolute Gasteiger partial charge is 0.277 e. The second kappa shape index (κ2) is 5.38. The molecule has 0 aliphatic rings. The molecule has 0 spiro atoms. The van der Waals surface area contributed by atoms with Crippen molar-refractivity contribution in [1.82, 2.24) is 15.0 Å². The van der Waals surface area contributed by atoms with E-state index in [1.165, 1.54) is 18.0 Å². The molecule has 1 N–H and O–H groups in total. The Labute approximate surface area is 110 Å². The van der Waals surface area contributed by atoms with Crippen LogP contribution in [-0.2, 0) is 7.05 Å². The number of rotatable bonds is 4. The maximum Gasteiger partial charge on any atom is 0.277 e. The standard InChI is InChI=1S/C12H14N4O3/c1-16-7-9(14-15-16)12(17)13-8-4-5-10(18-2)11(6-8)19-3/h4-7H,1-3H3,(H,13,17). The summed E-state index contributed by atoms with van der Waals surface area (Å²) in [5, 5.41) is 10.1. The third-order valence-corrected chi connectivity index (χ3v) is 2.48. The van der Waals surface area contributed by atoms with E-state index in [0.717, 1.165) is 0 Å². The van der Waals surface area contributed by atoms with Crippen LogP contribution in [0.1, 0.15) is 10.5 Å². The SMILES string of the molecule is COc1ccc(NC(=O)c2cn(C)nn2)cc1OC. The van der Waals surface area contributed by atoms with Gasteiger partial charge in [0, 0.05) is 18.8 Å². The van der Waals surface area contributed by atoms with Crippen LogP contribution in [0.25, 0.3) is 0 Å². The molecule has 0 saturated heterocycles. The molecular weight excluding hydrogens is 248 g/mol. The van der Waals surface area contributed by atoms with Gasteiger partial charge < -0.3 is 14.8 Å². The molecule has 0 unspecified atom stereocenters. The van der Waals surface area contributed by atoms with Crippen LogP contribution in [-0.4, -0.2) is 35.1 Å². The van der Waals surface area contributed by atoms with Gasteiger partial charge in [-0.25, -0.2) is 0 Å². The molecule has 0 aliphatic heterocycles. The average molecular weight is 262 g/mol. The first kappa shape index (κ1) is 12.9. The minimum atomic E-state index is -0.333. The van der Waals surface area contributed by atoms with Crippen molar-refractivity contribution in [1.29, 1.82) is 0 Å². The number of carbonyl (C=O) groups excluding carboxylic acids is 1. The molecule has 0 bridgehead atoms. The maximum atomic E-state index is 11.9. The Morgan fingerprint density at radius 2 is 2.00 bits per heavy atom. The Kier molecular flexibility index (Phi) is 3.65. The molecule has 0 saturated carbocycles. The zero-order valence-corrected chi connectivity index (χ0v) is 10.9. The van der Waals surface area contributed by atoms with Gasteiger partial charge in [0.2, 0.25) is 0 Å². The number of aryl methyl sites for hydroxylation is 1. The number of amides is 1. The van der Waals surface area contributed by atoms with E-state index in [1.807, 2.05) is 0 Å². The molecule has 0 radical (unpaired) electrons. The van der Waals surface area contributed by atoms with Gasteiger partial charge >= 0.3 is 0 Å². The van der Waals surface area contributed by atoms with Gasteiger partial charge in [-0.2, -0.15) is 0 Å². The van der Waals surface area contributed by atoms with Gasteiger partial charge in [-0.15, -0.1) is 5.10 Å². The van der Waals surface area contributed by atoms with Gasteiger partial charge in [0.15, 0.2) is 17.2 Å². The predicted molar refractivity (Wildman–Crippen MR) is 68.5 cm³/mol. The van der Waals surface area contributed by atoms with Crippen molar-refractivity contribution in [2.75, 3.05) is 19.5 Å². The van der Waals surface area contributed by atoms with Crippen molar-refractivity contribution in [2.24, 2.45) is 7.05 Å². The van der Waals surface area contributed by atoms with Crippen LogP contribution in [0.2, 0.25) is 0 Å². The lowest BCUT2D eigenvalue weighted by Gasteiger charge is -2.09. The zero-order valence-electron chi connectivity index (χ0n) is 10.9. The summed E-state index contributed by atoms with van der Waals surface area (Å²) in [7, 11) is 4.78. The zero-order chi connectivity index (χ0) is 13.8. The first-order chi connectivity index (χ1) is 9.13. The first-order valence-corrected chi connectivity index (χ1v) is 5.53. The summed E-state index contributed by atoms with van der Waals surface area (Å²) in [5.41, 5.74) is 0.839. The average Bonchev–Trinajstić information content (AvgIpc) is 2.85. The van der Waals surface area contributed by atoms with Crippen molar-refractivity contribution in [3.8, 4) is 11.5 Å². The molecule has 19 heavy (non-hydrogen) atoms. The highest BCUT2D eigenvalue weighted by atomic mass is 16.5. The second-order valence-electron chi connectivity index (χ2n) is 3.80. The fourth-order valence-electron chi connectivity index (χ4n) is 1.56. The Bertz CT molecular complexity index is 594. The lowest BCUT2D eigenvalue weighted by molar-refractivity contribution is 0.102. The lowest BCUT2D eigenvalue weighted by Crippen LogP contribution is -2.12. The molecule has 1 aromatic carbocycles. The molecule has 2 rings (SSSR count). The van der Waals surface area contributed by atoms with Crippen LogP contribution >= 0.6 is 0 Å². The van der Waals surface area contributed by atoms with E-state index >= 15 is 0 Å². The van der Waals surface area contributed by atoms with Crippen LogP contribution in [0.4, 0.5) is 5.69 Å². The summed E-state index contributed by atoms with van der Waals surface area (Å²) >= 11 is 0. The number of aromatic nitrogens is 3. The van der Waals surface area contributed by atoms with Gasteiger partial charge in [-0.1, -0.05) is 5.21 Å². The van der Waals surface area contributed by atoms with E-state index < -0.39 is 0 Å². The van der Waals surface area contributed by atoms with Crippen molar-refractivity contribution < 1.29 is 14.3 Å².